The molecule has 122 valence electrons. The second-order valence-corrected chi connectivity index (χ2v) is 6.45. The molecule has 1 aromatic heterocycles. The number of nitrogens with zero attached hydrogens (tertiary/aromatic N) is 2. The van der Waals surface area contributed by atoms with Crippen LogP contribution in [0.4, 0.5) is 0 Å². The van der Waals surface area contributed by atoms with E-state index < -0.39 is 11.4 Å². The number of terminal acetylenes is 1. The second-order valence-electron chi connectivity index (χ2n) is 6.45. The summed E-state index contributed by atoms with van der Waals surface area (Å²) in [6.45, 7) is 3.42. The number of nitrogens with one attached hydrogen (secondary N) is 1. The number of aromatic nitrogens is 1. The topological polar surface area (TPSA) is 62.3 Å². The lowest BCUT2D eigenvalue weighted by atomic mass is 10.0. The molecule has 1 saturated carbocycles. The molecule has 2 rings (SSSR count). The highest BCUT2D eigenvalue weighted by Crippen LogP contribution is 2.27. The Morgan fingerprint density at radius 3 is 2.65 bits per heavy atom. The lowest BCUT2D eigenvalue weighted by Crippen LogP contribution is -2.57. The van der Waals surface area contributed by atoms with Gasteiger partial charge >= 0.3 is 0 Å². The summed E-state index contributed by atoms with van der Waals surface area (Å²) in [5, 5.41) is 1.21. The van der Waals surface area contributed by atoms with Gasteiger partial charge in [-0.3, -0.25) is 20.0 Å². The third-order valence-corrected chi connectivity index (χ3v) is 4.18. The number of hydrogen-bond acceptors (Lipinski definition) is 3. The average Bonchev–Trinajstić information content (AvgIpc) is 3.05. The molecule has 0 radical (unpaired) electrons. The summed E-state index contributed by atoms with van der Waals surface area (Å²) < 4.78 is 0. The van der Waals surface area contributed by atoms with Crippen molar-refractivity contribution in [2.75, 3.05) is 0 Å². The SMILES string of the molecule is C#CC(C)(C)N(NC(=O)CC1CCCC1)C(=O)c1ccccn1. The van der Waals surface area contributed by atoms with E-state index in [1.165, 1.54) is 24.0 Å². The molecule has 0 aliphatic heterocycles. The van der Waals surface area contributed by atoms with Gasteiger partial charge in [0.1, 0.15) is 11.2 Å². The minimum atomic E-state index is -0.945. The number of amides is 2. The summed E-state index contributed by atoms with van der Waals surface area (Å²) in [5.41, 5.74) is 2.00. The predicted octanol–water partition coefficient (Wildman–Crippen LogP) is 2.55. The largest absolute Gasteiger partial charge is 0.292 e. The average molecular weight is 313 g/mol. The number of pyridine rings is 1. The highest BCUT2D eigenvalue weighted by Gasteiger charge is 2.33. The Bertz CT molecular complexity index is 598. The van der Waals surface area contributed by atoms with Crippen molar-refractivity contribution in [2.45, 2.75) is 51.5 Å². The molecule has 0 atom stereocenters. The van der Waals surface area contributed by atoms with Gasteiger partial charge in [0.25, 0.3) is 5.91 Å². The highest BCUT2D eigenvalue weighted by molar-refractivity contribution is 5.94. The molecule has 2 amide bonds. The van der Waals surface area contributed by atoms with Gasteiger partial charge in [0.15, 0.2) is 0 Å². The van der Waals surface area contributed by atoms with Crippen molar-refractivity contribution in [1.29, 1.82) is 0 Å². The molecule has 0 bridgehead atoms. The minimum Gasteiger partial charge on any atom is -0.273 e. The van der Waals surface area contributed by atoms with Crippen LogP contribution in [0.1, 0.15) is 56.4 Å². The molecule has 1 N–H and O–H groups in total. The maximum absolute atomic E-state index is 12.7. The van der Waals surface area contributed by atoms with E-state index in [1.54, 1.807) is 32.0 Å². The van der Waals surface area contributed by atoms with Crippen LogP contribution in [0, 0.1) is 18.3 Å². The predicted molar refractivity (Wildman–Crippen MR) is 88.0 cm³/mol. The Morgan fingerprint density at radius 1 is 1.39 bits per heavy atom. The number of hydrogen-bond donors (Lipinski definition) is 1. The maximum atomic E-state index is 12.7. The van der Waals surface area contributed by atoms with E-state index in [0.29, 0.717) is 12.3 Å². The number of rotatable bonds is 4. The van der Waals surface area contributed by atoms with Crippen molar-refractivity contribution in [3.05, 3.63) is 30.1 Å². The van der Waals surface area contributed by atoms with E-state index in [2.05, 4.69) is 16.3 Å². The Kier molecular flexibility index (Phi) is 5.38. The molecular formula is C18H23N3O2. The van der Waals surface area contributed by atoms with Crippen molar-refractivity contribution < 1.29 is 9.59 Å². The summed E-state index contributed by atoms with van der Waals surface area (Å²) >= 11 is 0. The summed E-state index contributed by atoms with van der Waals surface area (Å²) in [4.78, 5) is 29.0. The molecule has 5 nitrogen and oxygen atoms in total. The van der Waals surface area contributed by atoms with E-state index >= 15 is 0 Å². The van der Waals surface area contributed by atoms with E-state index in [0.717, 1.165) is 12.8 Å². The van der Waals surface area contributed by atoms with Crippen LogP contribution in [0.2, 0.25) is 0 Å². The number of carbonyl (C=O) groups is 2. The van der Waals surface area contributed by atoms with Crippen molar-refractivity contribution in [2.24, 2.45) is 5.92 Å². The monoisotopic (exact) mass is 313 g/mol. The smallest absolute Gasteiger partial charge is 0.273 e. The van der Waals surface area contributed by atoms with Crippen LogP contribution in [0.15, 0.2) is 24.4 Å². The van der Waals surface area contributed by atoms with Gasteiger partial charge in [0.05, 0.1) is 0 Å². The van der Waals surface area contributed by atoms with Crippen molar-refractivity contribution in [3.63, 3.8) is 0 Å². The lowest BCUT2D eigenvalue weighted by molar-refractivity contribution is -0.127. The molecule has 23 heavy (non-hydrogen) atoms. The highest BCUT2D eigenvalue weighted by atomic mass is 16.2. The quantitative estimate of drug-likeness (QED) is 0.686. The molecule has 5 heteroatoms. The zero-order chi connectivity index (χ0) is 16.9. The molecule has 1 aromatic rings. The molecule has 0 saturated heterocycles. The molecule has 1 heterocycles. The van der Waals surface area contributed by atoms with Crippen LogP contribution in [0.25, 0.3) is 0 Å². The summed E-state index contributed by atoms with van der Waals surface area (Å²) in [7, 11) is 0. The van der Waals surface area contributed by atoms with Crippen molar-refractivity contribution >= 4 is 11.8 Å². The fourth-order valence-electron chi connectivity index (χ4n) is 2.76. The first kappa shape index (κ1) is 17.0. The molecule has 0 unspecified atom stereocenters. The Labute approximate surface area is 137 Å². The summed E-state index contributed by atoms with van der Waals surface area (Å²) in [5.74, 6) is 2.37. The Morgan fingerprint density at radius 2 is 2.09 bits per heavy atom. The van der Waals surface area contributed by atoms with Crippen LogP contribution in [-0.2, 0) is 4.79 Å². The van der Waals surface area contributed by atoms with E-state index in [1.807, 2.05) is 0 Å². The van der Waals surface area contributed by atoms with Crippen molar-refractivity contribution in [3.8, 4) is 12.3 Å². The minimum absolute atomic E-state index is 0.176. The number of hydrazine groups is 1. The lowest BCUT2D eigenvalue weighted by Gasteiger charge is -2.34. The zero-order valence-corrected chi connectivity index (χ0v) is 13.7. The fourth-order valence-corrected chi connectivity index (χ4v) is 2.76. The van der Waals surface area contributed by atoms with E-state index in [9.17, 15) is 9.59 Å². The second kappa shape index (κ2) is 7.28. The molecular weight excluding hydrogens is 290 g/mol. The van der Waals surface area contributed by atoms with Crippen LogP contribution in [0.5, 0.6) is 0 Å². The third kappa shape index (κ3) is 4.32. The normalized spacial score (nSPS) is 15.0. The molecule has 1 aliphatic carbocycles. The van der Waals surface area contributed by atoms with Crippen LogP contribution in [0.3, 0.4) is 0 Å². The zero-order valence-electron chi connectivity index (χ0n) is 13.7. The van der Waals surface area contributed by atoms with E-state index in [-0.39, 0.29) is 11.6 Å². The molecule has 1 aliphatic rings. The molecule has 0 spiro atoms. The van der Waals surface area contributed by atoms with Crippen LogP contribution in [-0.4, -0.2) is 27.3 Å². The standard InChI is InChI=1S/C18H23N3O2/c1-4-18(2,3)21(17(23)15-11-7-8-12-19-15)20-16(22)13-14-9-5-6-10-14/h1,7-8,11-12,14H,5-6,9-10,13H2,2-3H3,(H,20,22). The van der Waals surface area contributed by atoms with Gasteiger partial charge in [-0.1, -0.05) is 24.8 Å². The first-order valence-electron chi connectivity index (χ1n) is 7.97. The molecule has 1 fully saturated rings. The van der Waals surface area contributed by atoms with Gasteiger partial charge < -0.3 is 0 Å². The molecule has 0 aromatic carbocycles. The van der Waals surface area contributed by atoms with Gasteiger partial charge in [0.2, 0.25) is 5.91 Å². The summed E-state index contributed by atoms with van der Waals surface area (Å²) in [6, 6.07) is 5.05. The van der Waals surface area contributed by atoms with E-state index in [4.69, 9.17) is 6.42 Å². The van der Waals surface area contributed by atoms with Gasteiger partial charge in [-0.2, -0.15) is 0 Å². The Hall–Kier alpha value is -2.35. The third-order valence-electron chi connectivity index (χ3n) is 4.18. The van der Waals surface area contributed by atoms with Gasteiger partial charge in [-0.05, 0) is 44.7 Å². The van der Waals surface area contributed by atoms with Gasteiger partial charge in [-0.15, -0.1) is 6.42 Å². The van der Waals surface area contributed by atoms with Gasteiger partial charge in [-0.25, -0.2) is 5.01 Å². The van der Waals surface area contributed by atoms with Crippen LogP contribution < -0.4 is 5.43 Å². The Balaban J connectivity index is 2.13. The first-order chi connectivity index (χ1) is 10.9. The summed E-state index contributed by atoms with van der Waals surface area (Å²) in [6.07, 6.45) is 12.0. The van der Waals surface area contributed by atoms with Crippen molar-refractivity contribution in [1.82, 2.24) is 15.4 Å². The fraction of sp³-hybridized carbons (Fsp3) is 0.500. The van der Waals surface area contributed by atoms with Gasteiger partial charge in [0, 0.05) is 12.6 Å². The van der Waals surface area contributed by atoms with Crippen LogP contribution >= 0.6 is 0 Å². The maximum Gasteiger partial charge on any atom is 0.292 e. The number of carbonyl (C=O) groups excluding carboxylic acids is 2. The first-order valence-corrected chi connectivity index (χ1v) is 7.97.